The third-order valence-corrected chi connectivity index (χ3v) is 5.44. The maximum absolute atomic E-state index is 11.3. The minimum absolute atomic E-state index is 0.00948. The molecule has 0 bridgehead atoms. The fourth-order valence-corrected chi connectivity index (χ4v) is 3.68. The Kier molecular flexibility index (Phi) is 7.72. The van der Waals surface area contributed by atoms with E-state index < -0.39 is 42.4 Å². The van der Waals surface area contributed by atoms with Crippen molar-refractivity contribution in [1.82, 2.24) is 0 Å². The van der Waals surface area contributed by atoms with Crippen LogP contribution in [0.1, 0.15) is 22.3 Å². The van der Waals surface area contributed by atoms with Crippen molar-refractivity contribution in [2.24, 2.45) is 0 Å². The summed E-state index contributed by atoms with van der Waals surface area (Å²) in [7, 11) is 0. The van der Waals surface area contributed by atoms with Crippen molar-refractivity contribution in [3.63, 3.8) is 0 Å². The Morgan fingerprint density at radius 3 is 1.17 bits per heavy atom. The van der Waals surface area contributed by atoms with Gasteiger partial charge in [0, 0.05) is 12.1 Å². The predicted octanol–water partition coefficient (Wildman–Crippen LogP) is 6.79. The molecule has 0 heterocycles. The van der Waals surface area contributed by atoms with E-state index in [2.05, 4.69) is 0 Å². The number of benzene rings is 3. The smallest absolute Gasteiger partial charge is 0.258 e. The van der Waals surface area contributed by atoms with E-state index in [0.29, 0.717) is 11.1 Å². The summed E-state index contributed by atoms with van der Waals surface area (Å²) in [5, 5.41) is 44.4. The summed E-state index contributed by atoms with van der Waals surface area (Å²) in [4.78, 5) is 41.4. The molecule has 0 atom stereocenters. The molecule has 0 N–H and O–H groups in total. The summed E-state index contributed by atoms with van der Waals surface area (Å²) in [6.45, 7) is 0. The summed E-state index contributed by atoms with van der Waals surface area (Å²) in [5.74, 6) is 0. The van der Waals surface area contributed by atoms with Gasteiger partial charge >= 0.3 is 0 Å². The monoisotopic (exact) mass is 530 g/mol. The van der Waals surface area contributed by atoms with Crippen molar-refractivity contribution in [3.05, 3.63) is 123 Å². The highest BCUT2D eigenvalue weighted by Crippen LogP contribution is 2.35. The molecule has 0 aliphatic carbocycles. The van der Waals surface area contributed by atoms with Crippen molar-refractivity contribution in [2.45, 2.75) is 0 Å². The first-order chi connectivity index (χ1) is 17.0. The Morgan fingerprint density at radius 1 is 0.556 bits per heavy atom. The standard InChI is InChI=1S/C22H12Cl2N4O8/c23-19(17-7-5-15(25(29)30)11-21(17)27(33)34)9-13-1-2-14(4-3-13)10-20(24)18-8-6-16(26(31)32)12-22(18)28(35)36/h1-12H/b19-9-,20-10+. The van der Waals surface area contributed by atoms with Crippen LogP contribution in [-0.2, 0) is 0 Å². The molecule has 0 spiro atoms. The van der Waals surface area contributed by atoms with Crippen LogP contribution in [-0.4, -0.2) is 19.7 Å². The van der Waals surface area contributed by atoms with E-state index in [1.54, 1.807) is 24.3 Å². The van der Waals surface area contributed by atoms with Gasteiger partial charge in [0.15, 0.2) is 0 Å². The molecule has 3 aromatic carbocycles. The molecule has 0 amide bonds. The van der Waals surface area contributed by atoms with Crippen LogP contribution in [0, 0.1) is 40.5 Å². The van der Waals surface area contributed by atoms with Gasteiger partial charge in [0.05, 0.1) is 53.0 Å². The maximum atomic E-state index is 11.3. The summed E-state index contributed by atoms with van der Waals surface area (Å²) in [6.07, 6.45) is 2.85. The molecule has 182 valence electrons. The minimum atomic E-state index is -0.772. The largest absolute Gasteiger partial charge is 0.284 e. The second kappa shape index (κ2) is 10.7. The zero-order valence-electron chi connectivity index (χ0n) is 17.7. The van der Waals surface area contributed by atoms with Gasteiger partial charge in [-0.3, -0.25) is 40.5 Å². The Bertz CT molecular complexity index is 1360. The molecule has 36 heavy (non-hydrogen) atoms. The average molecular weight is 531 g/mol. The molecule has 0 aliphatic heterocycles. The van der Waals surface area contributed by atoms with Gasteiger partial charge < -0.3 is 0 Å². The highest BCUT2D eigenvalue weighted by atomic mass is 35.5. The number of halogens is 2. The Balaban J connectivity index is 1.91. The third-order valence-electron chi connectivity index (χ3n) is 4.82. The zero-order valence-corrected chi connectivity index (χ0v) is 19.3. The molecule has 0 aromatic heterocycles. The quantitative estimate of drug-likeness (QED) is 0.173. The van der Waals surface area contributed by atoms with Crippen LogP contribution in [0.15, 0.2) is 60.7 Å². The van der Waals surface area contributed by atoms with Gasteiger partial charge in [-0.1, -0.05) is 47.5 Å². The fourth-order valence-electron chi connectivity index (χ4n) is 3.11. The zero-order chi connectivity index (χ0) is 26.6. The SMILES string of the molecule is O=[N+]([O-])c1ccc(/C(Cl)=C/c2ccc(/C=C(/Cl)c3ccc([N+](=O)[O-])cc3[N+](=O)[O-])cc2)c([N+](=O)[O-])c1. The number of rotatable bonds is 8. The van der Waals surface area contributed by atoms with Crippen LogP contribution in [0.4, 0.5) is 22.7 Å². The fraction of sp³-hybridized carbons (Fsp3) is 0. The Hall–Kier alpha value is -4.68. The lowest BCUT2D eigenvalue weighted by atomic mass is 10.1. The highest BCUT2D eigenvalue weighted by Gasteiger charge is 2.22. The predicted molar refractivity (Wildman–Crippen MR) is 133 cm³/mol. The number of nitrogens with zero attached hydrogens (tertiary/aromatic N) is 4. The molecule has 0 saturated carbocycles. The Morgan fingerprint density at radius 2 is 0.889 bits per heavy atom. The van der Waals surface area contributed by atoms with Gasteiger partial charge in [0.1, 0.15) is 0 Å². The lowest BCUT2D eigenvalue weighted by Gasteiger charge is -2.04. The van der Waals surface area contributed by atoms with Gasteiger partial charge in [-0.2, -0.15) is 0 Å². The van der Waals surface area contributed by atoms with Crippen LogP contribution in [0.2, 0.25) is 0 Å². The number of nitro benzene ring substituents is 4. The second-order valence-electron chi connectivity index (χ2n) is 7.08. The van der Waals surface area contributed by atoms with Crippen molar-refractivity contribution >= 4 is 68.2 Å². The first kappa shape index (κ1) is 25.9. The van der Waals surface area contributed by atoms with Crippen LogP contribution in [0.25, 0.3) is 22.2 Å². The first-order valence-electron chi connectivity index (χ1n) is 9.69. The van der Waals surface area contributed by atoms with E-state index in [0.717, 1.165) is 24.3 Å². The number of hydrogen-bond donors (Lipinski definition) is 0. The topological polar surface area (TPSA) is 173 Å². The van der Waals surface area contributed by atoms with Crippen LogP contribution >= 0.6 is 23.2 Å². The molecule has 0 unspecified atom stereocenters. The van der Waals surface area contributed by atoms with Gasteiger partial charge in [0.25, 0.3) is 22.7 Å². The molecule has 14 heteroatoms. The molecule has 0 fully saturated rings. The number of hydrogen-bond acceptors (Lipinski definition) is 8. The van der Waals surface area contributed by atoms with E-state index in [1.807, 2.05) is 0 Å². The van der Waals surface area contributed by atoms with Gasteiger partial charge in [-0.15, -0.1) is 0 Å². The van der Waals surface area contributed by atoms with E-state index in [1.165, 1.54) is 24.3 Å². The summed E-state index contributed by atoms with van der Waals surface area (Å²) >= 11 is 12.5. The van der Waals surface area contributed by atoms with Crippen LogP contribution in [0.3, 0.4) is 0 Å². The third kappa shape index (κ3) is 5.87. The normalized spacial score (nSPS) is 11.7. The lowest BCUT2D eigenvalue weighted by molar-refractivity contribution is -0.394. The van der Waals surface area contributed by atoms with Crippen LogP contribution in [0.5, 0.6) is 0 Å². The molecule has 12 nitrogen and oxygen atoms in total. The molecule has 0 saturated heterocycles. The number of nitro groups is 4. The molecule has 3 rings (SSSR count). The van der Waals surface area contributed by atoms with E-state index in [4.69, 9.17) is 23.2 Å². The maximum Gasteiger partial charge on any atom is 0.284 e. The van der Waals surface area contributed by atoms with Crippen molar-refractivity contribution < 1.29 is 19.7 Å². The van der Waals surface area contributed by atoms with Gasteiger partial charge in [0.2, 0.25) is 0 Å². The summed E-state index contributed by atoms with van der Waals surface area (Å²) < 4.78 is 0. The second-order valence-corrected chi connectivity index (χ2v) is 7.90. The van der Waals surface area contributed by atoms with Gasteiger partial charge in [-0.25, -0.2) is 0 Å². The van der Waals surface area contributed by atoms with Crippen molar-refractivity contribution in [1.29, 1.82) is 0 Å². The molecule has 0 radical (unpaired) electrons. The molecular weight excluding hydrogens is 519 g/mol. The minimum Gasteiger partial charge on any atom is -0.258 e. The summed E-state index contributed by atoms with van der Waals surface area (Å²) in [5.41, 5.74) is -0.908. The summed E-state index contributed by atoms with van der Waals surface area (Å²) in [6, 6.07) is 12.6. The average Bonchev–Trinajstić information content (AvgIpc) is 2.84. The van der Waals surface area contributed by atoms with Crippen molar-refractivity contribution in [2.75, 3.05) is 0 Å². The van der Waals surface area contributed by atoms with Crippen LogP contribution < -0.4 is 0 Å². The highest BCUT2D eigenvalue weighted by molar-refractivity contribution is 6.52. The lowest BCUT2D eigenvalue weighted by Crippen LogP contribution is -1.96. The number of non-ortho nitro benzene ring substituents is 2. The first-order valence-corrected chi connectivity index (χ1v) is 10.4. The van der Waals surface area contributed by atoms with Gasteiger partial charge in [-0.05, 0) is 35.4 Å². The van der Waals surface area contributed by atoms with E-state index >= 15 is 0 Å². The molecule has 0 aliphatic rings. The van der Waals surface area contributed by atoms with E-state index in [9.17, 15) is 40.5 Å². The Labute approximate surface area is 211 Å². The molecular formula is C22H12Cl2N4O8. The van der Waals surface area contributed by atoms with Crippen molar-refractivity contribution in [3.8, 4) is 0 Å². The molecule has 3 aromatic rings. The van der Waals surface area contributed by atoms with E-state index in [-0.39, 0.29) is 21.2 Å².